The lowest BCUT2D eigenvalue weighted by Gasteiger charge is -2.44. The Kier molecular flexibility index (Phi) is 4.81. The van der Waals surface area contributed by atoms with E-state index in [1.54, 1.807) is 12.0 Å². The maximum Gasteiger partial charge on any atom is 0.160 e. The Balaban J connectivity index is 2.18. The van der Waals surface area contributed by atoms with Crippen LogP contribution in [0.25, 0.3) is 0 Å². The predicted octanol–water partition coefficient (Wildman–Crippen LogP) is 7.20. The summed E-state index contributed by atoms with van der Waals surface area (Å²) in [5.74, 6) is 0. The highest BCUT2D eigenvalue weighted by Gasteiger charge is 2.62. The zero-order chi connectivity index (χ0) is 18.3. The molecule has 1 fully saturated rings. The standard InChI is InChI=1S/C22H28OS2/c1-19(2,3)21(17-13-9-7-10-14-17)23-25-22(24-21,20(4,5)6)18-15-11-8-12-16-18/h7-16H,1-6H3. The molecule has 0 aliphatic carbocycles. The minimum Gasteiger partial charge on any atom is -0.291 e. The SMILES string of the molecule is CC(C)(C)C1(c2ccccc2)OSC(c2ccccc2)(C(C)(C)C)S1. The van der Waals surface area contributed by atoms with E-state index in [0.29, 0.717) is 0 Å². The maximum absolute atomic E-state index is 6.67. The molecule has 25 heavy (non-hydrogen) atoms. The number of hydrogen-bond donors (Lipinski definition) is 0. The molecule has 0 radical (unpaired) electrons. The van der Waals surface area contributed by atoms with Crippen molar-refractivity contribution < 1.29 is 4.18 Å². The molecule has 2 aromatic carbocycles. The van der Waals surface area contributed by atoms with Crippen LogP contribution in [0.2, 0.25) is 0 Å². The van der Waals surface area contributed by atoms with Gasteiger partial charge >= 0.3 is 0 Å². The largest absolute Gasteiger partial charge is 0.291 e. The molecule has 1 nitrogen and oxygen atoms in total. The van der Waals surface area contributed by atoms with Crippen LogP contribution in [0.15, 0.2) is 60.7 Å². The minimum absolute atomic E-state index is 0.0332. The van der Waals surface area contributed by atoms with E-state index in [1.807, 2.05) is 11.8 Å². The molecule has 3 heteroatoms. The van der Waals surface area contributed by atoms with E-state index in [2.05, 4.69) is 102 Å². The summed E-state index contributed by atoms with van der Waals surface area (Å²) >= 11 is 3.61. The number of rotatable bonds is 2. The average Bonchev–Trinajstić information content (AvgIpc) is 3.00. The van der Waals surface area contributed by atoms with Gasteiger partial charge in [-0.15, -0.1) is 0 Å². The van der Waals surface area contributed by atoms with Crippen LogP contribution in [-0.2, 0) is 13.2 Å². The van der Waals surface area contributed by atoms with Crippen LogP contribution in [0.3, 0.4) is 0 Å². The Morgan fingerprint density at radius 2 is 1.16 bits per heavy atom. The summed E-state index contributed by atoms with van der Waals surface area (Å²) in [6.07, 6.45) is 0. The quantitative estimate of drug-likeness (QED) is 0.516. The Labute approximate surface area is 161 Å². The van der Waals surface area contributed by atoms with Gasteiger partial charge in [-0.25, -0.2) is 0 Å². The van der Waals surface area contributed by atoms with E-state index in [-0.39, 0.29) is 14.9 Å². The first-order chi connectivity index (χ1) is 11.6. The highest BCUT2D eigenvalue weighted by atomic mass is 32.2. The third kappa shape index (κ3) is 3.05. The monoisotopic (exact) mass is 372 g/mol. The molecule has 1 aliphatic heterocycles. The van der Waals surface area contributed by atoms with E-state index in [0.717, 1.165) is 0 Å². The second kappa shape index (κ2) is 6.37. The van der Waals surface area contributed by atoms with Crippen LogP contribution in [0.1, 0.15) is 52.7 Å². The minimum atomic E-state index is -0.401. The average molecular weight is 373 g/mol. The zero-order valence-corrected chi connectivity index (χ0v) is 17.6. The van der Waals surface area contributed by atoms with Crippen molar-refractivity contribution in [1.29, 1.82) is 0 Å². The van der Waals surface area contributed by atoms with Gasteiger partial charge < -0.3 is 0 Å². The van der Waals surface area contributed by atoms with E-state index < -0.39 is 4.93 Å². The van der Waals surface area contributed by atoms with Gasteiger partial charge in [-0.2, -0.15) is 0 Å². The van der Waals surface area contributed by atoms with Gasteiger partial charge in [0.05, 0.1) is 0 Å². The molecule has 3 rings (SSSR count). The van der Waals surface area contributed by atoms with Gasteiger partial charge in [-0.1, -0.05) is 114 Å². The zero-order valence-electron chi connectivity index (χ0n) is 16.0. The van der Waals surface area contributed by atoms with E-state index >= 15 is 0 Å². The molecule has 0 aromatic heterocycles. The molecule has 0 spiro atoms. The second-order valence-electron chi connectivity index (χ2n) is 8.73. The molecule has 2 unspecified atom stereocenters. The van der Waals surface area contributed by atoms with Gasteiger partial charge in [0.15, 0.2) is 4.93 Å². The first-order valence-electron chi connectivity index (χ1n) is 8.80. The smallest absolute Gasteiger partial charge is 0.160 e. The Hall–Kier alpha value is -0.900. The van der Waals surface area contributed by atoms with Crippen LogP contribution in [0.4, 0.5) is 0 Å². The molecule has 1 heterocycles. The summed E-state index contributed by atoms with van der Waals surface area (Å²) in [4.78, 5) is -0.401. The molecule has 0 N–H and O–H groups in total. The van der Waals surface area contributed by atoms with Crippen LogP contribution in [-0.4, -0.2) is 0 Å². The first-order valence-corrected chi connectivity index (χ1v) is 10.4. The molecule has 134 valence electrons. The van der Waals surface area contributed by atoms with Crippen molar-refractivity contribution >= 4 is 23.8 Å². The van der Waals surface area contributed by atoms with Crippen molar-refractivity contribution in [2.24, 2.45) is 10.8 Å². The Bertz CT molecular complexity index is 652. The molecular formula is C22H28OS2. The lowest BCUT2D eigenvalue weighted by molar-refractivity contribution is 0.0767. The maximum atomic E-state index is 6.67. The molecular weight excluding hydrogens is 344 g/mol. The fourth-order valence-corrected chi connectivity index (χ4v) is 6.72. The van der Waals surface area contributed by atoms with Crippen molar-refractivity contribution in [3.63, 3.8) is 0 Å². The van der Waals surface area contributed by atoms with Gasteiger partial charge in [0.25, 0.3) is 0 Å². The van der Waals surface area contributed by atoms with Crippen LogP contribution in [0, 0.1) is 10.8 Å². The summed E-state index contributed by atoms with van der Waals surface area (Å²) in [5, 5.41) is 0. The highest BCUT2D eigenvalue weighted by molar-refractivity contribution is 8.18. The van der Waals surface area contributed by atoms with Crippen molar-refractivity contribution in [2.75, 3.05) is 0 Å². The first kappa shape index (κ1) is 18.9. The fraction of sp³-hybridized carbons (Fsp3) is 0.455. The summed E-state index contributed by atoms with van der Waals surface area (Å²) in [6, 6.07) is 21.5. The van der Waals surface area contributed by atoms with Crippen LogP contribution < -0.4 is 0 Å². The molecule has 2 atom stereocenters. The molecule has 1 aliphatic rings. The third-order valence-corrected chi connectivity index (χ3v) is 9.18. The molecule has 2 aromatic rings. The normalized spacial score (nSPS) is 27.4. The predicted molar refractivity (Wildman–Crippen MR) is 111 cm³/mol. The van der Waals surface area contributed by atoms with Crippen molar-refractivity contribution in [3.8, 4) is 0 Å². The van der Waals surface area contributed by atoms with E-state index in [1.165, 1.54) is 11.1 Å². The molecule has 0 amide bonds. The van der Waals surface area contributed by atoms with Crippen LogP contribution in [0.5, 0.6) is 0 Å². The third-order valence-electron chi connectivity index (χ3n) is 4.85. The van der Waals surface area contributed by atoms with Gasteiger partial charge in [-0.05, 0) is 16.5 Å². The molecule has 1 saturated heterocycles. The summed E-state index contributed by atoms with van der Waals surface area (Å²) in [5.41, 5.74) is 2.54. The Morgan fingerprint density at radius 1 is 0.680 bits per heavy atom. The molecule has 0 bridgehead atoms. The van der Waals surface area contributed by atoms with Crippen molar-refractivity contribution in [2.45, 2.75) is 50.6 Å². The highest BCUT2D eigenvalue weighted by Crippen LogP contribution is 2.74. The van der Waals surface area contributed by atoms with Crippen molar-refractivity contribution in [3.05, 3.63) is 71.8 Å². The van der Waals surface area contributed by atoms with Gasteiger partial charge in [0.1, 0.15) is 4.08 Å². The van der Waals surface area contributed by atoms with E-state index in [9.17, 15) is 0 Å². The summed E-state index contributed by atoms with van der Waals surface area (Å²) < 4.78 is 6.50. The summed E-state index contributed by atoms with van der Waals surface area (Å²) in [6.45, 7) is 13.8. The van der Waals surface area contributed by atoms with Gasteiger partial charge in [0, 0.05) is 17.5 Å². The number of thioether (sulfide) groups is 1. The van der Waals surface area contributed by atoms with Crippen molar-refractivity contribution in [1.82, 2.24) is 0 Å². The summed E-state index contributed by atoms with van der Waals surface area (Å²) in [7, 11) is 0. The lowest BCUT2D eigenvalue weighted by atomic mass is 9.84. The van der Waals surface area contributed by atoms with E-state index in [4.69, 9.17) is 4.18 Å². The second-order valence-corrected chi connectivity index (χ2v) is 11.3. The van der Waals surface area contributed by atoms with Crippen LogP contribution >= 0.6 is 23.8 Å². The molecule has 0 saturated carbocycles. The number of benzene rings is 2. The van der Waals surface area contributed by atoms with Gasteiger partial charge in [-0.3, -0.25) is 4.18 Å². The fourth-order valence-electron chi connectivity index (χ4n) is 3.31. The number of hydrogen-bond acceptors (Lipinski definition) is 3. The van der Waals surface area contributed by atoms with Gasteiger partial charge in [0.2, 0.25) is 0 Å². The topological polar surface area (TPSA) is 9.23 Å². The Morgan fingerprint density at radius 3 is 1.60 bits per heavy atom. The lowest BCUT2D eigenvalue weighted by Crippen LogP contribution is -2.39.